The molecule has 1 heterocycles. The van der Waals surface area contributed by atoms with Crippen LogP contribution in [-0.2, 0) is 11.3 Å². The van der Waals surface area contributed by atoms with Gasteiger partial charge in [-0.05, 0) is 25.5 Å². The fraction of sp³-hybridized carbons (Fsp3) is 0.538. The van der Waals surface area contributed by atoms with E-state index in [1.807, 2.05) is 13.8 Å². The van der Waals surface area contributed by atoms with Crippen molar-refractivity contribution in [1.82, 2.24) is 15.6 Å². The number of pyridine rings is 1. The van der Waals surface area contributed by atoms with Crippen LogP contribution in [0, 0.1) is 0 Å². The Morgan fingerprint density at radius 3 is 2.89 bits per heavy atom. The summed E-state index contributed by atoms with van der Waals surface area (Å²) < 4.78 is 0. The highest BCUT2D eigenvalue weighted by Gasteiger charge is 2.04. The van der Waals surface area contributed by atoms with Crippen molar-refractivity contribution in [2.45, 2.75) is 39.3 Å². The third-order valence-corrected chi connectivity index (χ3v) is 2.66. The fourth-order valence-electron chi connectivity index (χ4n) is 1.39. The van der Waals surface area contributed by atoms with E-state index in [0.717, 1.165) is 12.1 Å². The Hall–Kier alpha value is -1.62. The predicted octanol–water partition coefficient (Wildman–Crippen LogP) is 1.18. The van der Waals surface area contributed by atoms with Gasteiger partial charge >= 0.3 is 0 Å². The summed E-state index contributed by atoms with van der Waals surface area (Å²) in [7, 11) is 0. The quantitative estimate of drug-likeness (QED) is 0.636. The second kappa shape index (κ2) is 7.66. The molecule has 1 amide bonds. The van der Waals surface area contributed by atoms with E-state index in [0.29, 0.717) is 19.5 Å². The molecule has 5 nitrogen and oxygen atoms in total. The van der Waals surface area contributed by atoms with Crippen LogP contribution < -0.4 is 10.6 Å². The van der Waals surface area contributed by atoms with Gasteiger partial charge in [-0.25, -0.2) is 0 Å². The van der Waals surface area contributed by atoms with E-state index in [1.54, 1.807) is 12.1 Å². The van der Waals surface area contributed by atoms with Crippen molar-refractivity contribution in [3.05, 3.63) is 24.0 Å². The Morgan fingerprint density at radius 1 is 1.50 bits per heavy atom. The number of aromatic nitrogens is 1. The molecule has 0 spiro atoms. The zero-order valence-electron chi connectivity index (χ0n) is 10.9. The highest BCUT2D eigenvalue weighted by Crippen LogP contribution is 2.05. The lowest BCUT2D eigenvalue weighted by molar-refractivity contribution is -0.121. The van der Waals surface area contributed by atoms with Crippen molar-refractivity contribution >= 4 is 5.91 Å². The molecule has 0 aliphatic carbocycles. The van der Waals surface area contributed by atoms with E-state index in [9.17, 15) is 4.79 Å². The molecule has 0 saturated heterocycles. The molecule has 3 N–H and O–H groups in total. The number of hydrogen-bond acceptors (Lipinski definition) is 4. The van der Waals surface area contributed by atoms with Gasteiger partial charge in [-0.1, -0.05) is 6.92 Å². The number of carbonyl (C=O) groups excluding carboxylic acids is 1. The van der Waals surface area contributed by atoms with Crippen LogP contribution in [0.5, 0.6) is 5.75 Å². The molecule has 100 valence electrons. The molecule has 0 aliphatic heterocycles. The van der Waals surface area contributed by atoms with Gasteiger partial charge in [0, 0.05) is 25.6 Å². The molecular formula is C13H21N3O2. The number of aromatic hydroxyl groups is 1. The average Bonchev–Trinajstić information content (AvgIpc) is 2.36. The minimum Gasteiger partial charge on any atom is -0.506 e. The minimum absolute atomic E-state index is 0.0653. The molecule has 0 saturated carbocycles. The Morgan fingerprint density at radius 2 is 2.28 bits per heavy atom. The van der Waals surface area contributed by atoms with Gasteiger partial charge in [0.2, 0.25) is 5.91 Å². The van der Waals surface area contributed by atoms with Crippen LogP contribution in [0.1, 0.15) is 32.4 Å². The molecule has 1 rings (SSSR count). The number of nitrogens with one attached hydrogen (secondary N) is 2. The molecule has 0 aromatic carbocycles. The first-order valence-corrected chi connectivity index (χ1v) is 6.25. The maximum absolute atomic E-state index is 11.5. The van der Waals surface area contributed by atoms with Crippen molar-refractivity contribution in [2.24, 2.45) is 0 Å². The predicted molar refractivity (Wildman–Crippen MR) is 70.1 cm³/mol. The van der Waals surface area contributed by atoms with Crippen molar-refractivity contribution in [2.75, 3.05) is 6.54 Å². The summed E-state index contributed by atoms with van der Waals surface area (Å²) in [6.07, 6.45) is 2.81. The highest BCUT2D eigenvalue weighted by atomic mass is 16.3. The third-order valence-electron chi connectivity index (χ3n) is 2.66. The van der Waals surface area contributed by atoms with Crippen molar-refractivity contribution in [1.29, 1.82) is 0 Å². The first-order valence-electron chi connectivity index (χ1n) is 6.25. The zero-order valence-corrected chi connectivity index (χ0v) is 10.9. The summed E-state index contributed by atoms with van der Waals surface area (Å²) in [5.74, 6) is 0.224. The Balaban J connectivity index is 2.15. The molecule has 1 atom stereocenters. The number of rotatable bonds is 7. The largest absolute Gasteiger partial charge is 0.506 e. The van der Waals surface area contributed by atoms with Crippen molar-refractivity contribution < 1.29 is 9.90 Å². The Bertz CT molecular complexity index is 365. The van der Waals surface area contributed by atoms with Crippen molar-refractivity contribution in [3.63, 3.8) is 0 Å². The maximum atomic E-state index is 11.5. The summed E-state index contributed by atoms with van der Waals surface area (Å²) in [5, 5.41) is 15.1. The van der Waals surface area contributed by atoms with E-state index in [2.05, 4.69) is 15.6 Å². The lowest BCUT2D eigenvalue weighted by Gasteiger charge is -2.11. The normalized spacial score (nSPS) is 12.1. The minimum atomic E-state index is 0.0653. The maximum Gasteiger partial charge on any atom is 0.221 e. The molecule has 0 radical (unpaired) electrons. The van der Waals surface area contributed by atoms with Crippen LogP contribution in [-0.4, -0.2) is 28.6 Å². The van der Waals surface area contributed by atoms with Crippen LogP contribution in [0.15, 0.2) is 18.3 Å². The average molecular weight is 251 g/mol. The fourth-order valence-corrected chi connectivity index (χ4v) is 1.39. The van der Waals surface area contributed by atoms with E-state index >= 15 is 0 Å². The SMILES string of the molecule is CCC(C)NC(=O)CCNCc1ccc(O)cn1. The Labute approximate surface area is 108 Å². The number of amides is 1. The second-order valence-electron chi connectivity index (χ2n) is 4.31. The molecular weight excluding hydrogens is 230 g/mol. The van der Waals surface area contributed by atoms with E-state index in [-0.39, 0.29) is 17.7 Å². The summed E-state index contributed by atoms with van der Waals surface area (Å²) in [6, 6.07) is 3.58. The lowest BCUT2D eigenvalue weighted by atomic mass is 10.2. The molecule has 1 aromatic heterocycles. The van der Waals surface area contributed by atoms with E-state index in [1.165, 1.54) is 6.20 Å². The summed E-state index contributed by atoms with van der Waals surface area (Å²) >= 11 is 0. The number of nitrogens with zero attached hydrogens (tertiary/aromatic N) is 1. The van der Waals surface area contributed by atoms with Crippen LogP contribution in [0.25, 0.3) is 0 Å². The number of carbonyl (C=O) groups is 1. The van der Waals surface area contributed by atoms with Crippen LogP contribution in [0.4, 0.5) is 0 Å². The summed E-state index contributed by atoms with van der Waals surface area (Å²) in [5.41, 5.74) is 0.843. The first kappa shape index (κ1) is 14.4. The molecule has 0 bridgehead atoms. The molecule has 5 heteroatoms. The van der Waals surface area contributed by atoms with Crippen LogP contribution >= 0.6 is 0 Å². The van der Waals surface area contributed by atoms with Gasteiger partial charge < -0.3 is 15.7 Å². The van der Waals surface area contributed by atoms with Gasteiger partial charge in [-0.2, -0.15) is 0 Å². The summed E-state index contributed by atoms with van der Waals surface area (Å²) in [6.45, 7) is 5.24. The third kappa shape index (κ3) is 5.63. The molecule has 0 aliphatic rings. The van der Waals surface area contributed by atoms with Gasteiger partial charge in [-0.3, -0.25) is 9.78 Å². The first-order chi connectivity index (χ1) is 8.61. The molecule has 0 fully saturated rings. The Kier molecular flexibility index (Phi) is 6.14. The van der Waals surface area contributed by atoms with Gasteiger partial charge in [0.05, 0.1) is 11.9 Å². The van der Waals surface area contributed by atoms with E-state index < -0.39 is 0 Å². The highest BCUT2D eigenvalue weighted by molar-refractivity contribution is 5.76. The standard InChI is InChI=1S/C13H21N3O2/c1-3-10(2)16-13(18)6-7-14-8-11-4-5-12(17)9-15-11/h4-5,9-10,14,17H,3,6-8H2,1-2H3,(H,16,18). The van der Waals surface area contributed by atoms with Crippen LogP contribution in [0.3, 0.4) is 0 Å². The van der Waals surface area contributed by atoms with Gasteiger partial charge in [-0.15, -0.1) is 0 Å². The topological polar surface area (TPSA) is 74.2 Å². The molecule has 18 heavy (non-hydrogen) atoms. The van der Waals surface area contributed by atoms with Gasteiger partial charge in [0.1, 0.15) is 5.75 Å². The second-order valence-corrected chi connectivity index (χ2v) is 4.31. The monoisotopic (exact) mass is 251 g/mol. The van der Waals surface area contributed by atoms with E-state index in [4.69, 9.17) is 5.11 Å². The molecule has 1 aromatic rings. The lowest BCUT2D eigenvalue weighted by Crippen LogP contribution is -2.33. The zero-order chi connectivity index (χ0) is 13.4. The smallest absolute Gasteiger partial charge is 0.221 e. The number of hydrogen-bond donors (Lipinski definition) is 3. The van der Waals surface area contributed by atoms with Gasteiger partial charge in [0.15, 0.2) is 0 Å². The summed E-state index contributed by atoms with van der Waals surface area (Å²) in [4.78, 5) is 15.5. The van der Waals surface area contributed by atoms with Gasteiger partial charge in [0.25, 0.3) is 0 Å². The van der Waals surface area contributed by atoms with Crippen LogP contribution in [0.2, 0.25) is 0 Å². The molecule has 1 unspecified atom stereocenters. The van der Waals surface area contributed by atoms with Crippen molar-refractivity contribution in [3.8, 4) is 5.75 Å².